The zero-order valence-electron chi connectivity index (χ0n) is 11.3. The van der Waals surface area contributed by atoms with Crippen molar-refractivity contribution >= 4 is 40.3 Å². The monoisotopic (exact) mass is 305 g/mol. The summed E-state index contributed by atoms with van der Waals surface area (Å²) >= 11 is 11.5. The summed E-state index contributed by atoms with van der Waals surface area (Å²) in [6.45, 7) is 4.00. The second kappa shape index (κ2) is 6.59. The first-order valence-corrected chi connectivity index (χ1v) is 6.99. The quantitative estimate of drug-likeness (QED) is 0.584. The largest absolute Gasteiger partial charge is 0.330 e. The van der Waals surface area contributed by atoms with E-state index in [0.29, 0.717) is 10.1 Å². The summed E-state index contributed by atoms with van der Waals surface area (Å²) in [5, 5.41) is 4.22. The van der Waals surface area contributed by atoms with E-state index in [9.17, 15) is 0 Å². The van der Waals surface area contributed by atoms with Gasteiger partial charge in [-0.1, -0.05) is 35.9 Å². The maximum absolute atomic E-state index is 6.23. The topological polar surface area (TPSA) is 36.1 Å². The van der Waals surface area contributed by atoms with Gasteiger partial charge in [0.05, 0.1) is 16.4 Å². The lowest BCUT2D eigenvalue weighted by Crippen LogP contribution is -2.33. The summed E-state index contributed by atoms with van der Waals surface area (Å²) in [4.78, 5) is 0. The van der Waals surface area contributed by atoms with Crippen molar-refractivity contribution in [2.24, 2.45) is 0 Å². The van der Waals surface area contributed by atoms with Crippen molar-refractivity contribution in [1.82, 2.24) is 5.43 Å². The molecule has 2 aromatic carbocycles. The van der Waals surface area contributed by atoms with Crippen LogP contribution in [0.4, 0.5) is 11.4 Å². The highest BCUT2D eigenvalue weighted by Crippen LogP contribution is 2.27. The normalized spacial score (nSPS) is 9.95. The van der Waals surface area contributed by atoms with Crippen LogP contribution in [-0.2, 0) is 0 Å². The fourth-order valence-electron chi connectivity index (χ4n) is 1.87. The van der Waals surface area contributed by atoms with E-state index >= 15 is 0 Å². The molecule has 0 atom stereocenters. The molecule has 0 aromatic heterocycles. The Balaban J connectivity index is 1.98. The van der Waals surface area contributed by atoms with Crippen LogP contribution in [0.3, 0.4) is 0 Å². The molecule has 5 heteroatoms. The molecule has 20 heavy (non-hydrogen) atoms. The first-order chi connectivity index (χ1) is 9.56. The van der Waals surface area contributed by atoms with Crippen molar-refractivity contribution in [2.75, 3.05) is 10.7 Å². The molecule has 0 aliphatic carbocycles. The number of anilines is 2. The first-order valence-electron chi connectivity index (χ1n) is 6.21. The molecule has 0 amide bonds. The number of rotatable bonds is 3. The summed E-state index contributed by atoms with van der Waals surface area (Å²) in [6, 6.07) is 13.7. The number of aryl methyl sites for hydroxylation is 2. The Kier molecular flexibility index (Phi) is 4.82. The van der Waals surface area contributed by atoms with Crippen molar-refractivity contribution in [3.8, 4) is 0 Å². The summed E-state index contributed by atoms with van der Waals surface area (Å²) in [5.41, 5.74) is 9.88. The molecule has 0 unspecified atom stereocenters. The van der Waals surface area contributed by atoms with Crippen molar-refractivity contribution in [3.05, 3.63) is 58.6 Å². The lowest BCUT2D eigenvalue weighted by atomic mass is 10.1. The predicted molar refractivity (Wildman–Crippen MR) is 90.3 cm³/mol. The maximum Gasteiger partial charge on any atom is 0.189 e. The van der Waals surface area contributed by atoms with E-state index in [1.54, 1.807) is 0 Å². The van der Waals surface area contributed by atoms with E-state index in [1.807, 2.05) is 50.2 Å². The average molecular weight is 306 g/mol. The van der Waals surface area contributed by atoms with Crippen LogP contribution in [0.15, 0.2) is 42.5 Å². The van der Waals surface area contributed by atoms with E-state index in [-0.39, 0.29) is 0 Å². The molecule has 0 spiro atoms. The predicted octanol–water partition coefficient (Wildman–Crippen LogP) is 4.27. The molecular formula is C15H16ClN3S. The fraction of sp³-hybridized carbons (Fsp3) is 0.133. The van der Waals surface area contributed by atoms with E-state index < -0.39 is 0 Å². The molecule has 0 radical (unpaired) electrons. The Morgan fingerprint density at radius 2 is 1.80 bits per heavy atom. The van der Waals surface area contributed by atoms with E-state index in [4.69, 9.17) is 23.8 Å². The molecule has 3 nitrogen and oxygen atoms in total. The standard InChI is InChI=1S/C15H16ClN3S/c1-10-8-11(2)14(13(16)9-10)17-15(20)19-18-12-6-4-3-5-7-12/h3-9,18H,1-2H3,(H2,17,19,20). The van der Waals surface area contributed by atoms with Crippen LogP contribution in [-0.4, -0.2) is 5.11 Å². The van der Waals surface area contributed by atoms with Crippen LogP contribution >= 0.6 is 23.8 Å². The second-order valence-corrected chi connectivity index (χ2v) is 5.32. The second-order valence-electron chi connectivity index (χ2n) is 4.51. The number of hydrogen-bond donors (Lipinski definition) is 3. The van der Waals surface area contributed by atoms with Gasteiger partial charge in [0.25, 0.3) is 0 Å². The van der Waals surface area contributed by atoms with Crippen LogP contribution in [0.1, 0.15) is 11.1 Å². The lowest BCUT2D eigenvalue weighted by Gasteiger charge is -2.15. The smallest absolute Gasteiger partial charge is 0.189 e. The van der Waals surface area contributed by atoms with Crippen molar-refractivity contribution in [3.63, 3.8) is 0 Å². The number of thiocarbonyl (C=S) groups is 1. The minimum absolute atomic E-state index is 0.461. The first kappa shape index (κ1) is 14.6. The van der Waals surface area contributed by atoms with Gasteiger partial charge in [-0.3, -0.25) is 10.9 Å². The van der Waals surface area contributed by atoms with E-state index in [0.717, 1.165) is 22.5 Å². The van der Waals surface area contributed by atoms with Gasteiger partial charge in [-0.2, -0.15) is 0 Å². The van der Waals surface area contributed by atoms with Gasteiger partial charge in [0.2, 0.25) is 0 Å². The van der Waals surface area contributed by atoms with Crippen molar-refractivity contribution < 1.29 is 0 Å². The van der Waals surface area contributed by atoms with Gasteiger partial charge < -0.3 is 5.32 Å². The number of para-hydroxylation sites is 1. The zero-order valence-corrected chi connectivity index (χ0v) is 12.9. The molecular weight excluding hydrogens is 290 g/mol. The van der Waals surface area contributed by atoms with Gasteiger partial charge in [-0.25, -0.2) is 0 Å². The summed E-state index contributed by atoms with van der Waals surface area (Å²) < 4.78 is 0. The number of benzene rings is 2. The van der Waals surface area contributed by atoms with Crippen LogP contribution in [0.25, 0.3) is 0 Å². The molecule has 0 bridgehead atoms. The third-order valence-corrected chi connectivity index (χ3v) is 3.27. The summed E-state index contributed by atoms with van der Waals surface area (Å²) in [7, 11) is 0. The average Bonchev–Trinajstić information content (AvgIpc) is 2.42. The fourth-order valence-corrected chi connectivity index (χ4v) is 2.39. The molecule has 0 aliphatic rings. The molecule has 104 valence electrons. The van der Waals surface area contributed by atoms with Crippen LogP contribution < -0.4 is 16.2 Å². The zero-order chi connectivity index (χ0) is 14.5. The number of hydrogen-bond acceptors (Lipinski definition) is 2. The number of halogens is 1. The lowest BCUT2D eigenvalue weighted by molar-refractivity contribution is 1.14. The Morgan fingerprint density at radius 3 is 2.45 bits per heavy atom. The number of hydrazine groups is 1. The molecule has 0 saturated heterocycles. The maximum atomic E-state index is 6.23. The highest BCUT2D eigenvalue weighted by atomic mass is 35.5. The SMILES string of the molecule is Cc1cc(C)c(NC(=S)NNc2ccccc2)c(Cl)c1. The van der Waals surface area contributed by atoms with Crippen molar-refractivity contribution in [2.45, 2.75) is 13.8 Å². The minimum Gasteiger partial charge on any atom is -0.330 e. The molecule has 0 aliphatic heterocycles. The van der Waals surface area contributed by atoms with Crippen molar-refractivity contribution in [1.29, 1.82) is 0 Å². The van der Waals surface area contributed by atoms with Gasteiger partial charge in [0, 0.05) is 0 Å². The number of nitrogens with one attached hydrogen (secondary N) is 3. The minimum atomic E-state index is 0.461. The van der Waals surface area contributed by atoms with Gasteiger partial charge in [-0.05, 0) is 55.4 Å². The Morgan fingerprint density at radius 1 is 1.10 bits per heavy atom. The van der Waals surface area contributed by atoms with Gasteiger partial charge in [0.15, 0.2) is 5.11 Å². The molecule has 2 rings (SSSR count). The third kappa shape index (κ3) is 3.85. The Hall–Kier alpha value is -1.78. The van der Waals surface area contributed by atoms with E-state index in [1.165, 1.54) is 0 Å². The molecule has 0 heterocycles. The van der Waals surface area contributed by atoms with Gasteiger partial charge in [-0.15, -0.1) is 0 Å². The van der Waals surface area contributed by atoms with Gasteiger partial charge >= 0.3 is 0 Å². The Labute approximate surface area is 129 Å². The molecule has 0 saturated carbocycles. The summed E-state index contributed by atoms with van der Waals surface area (Å²) in [5.74, 6) is 0. The Bertz CT molecular complexity index is 591. The van der Waals surface area contributed by atoms with Gasteiger partial charge in [0.1, 0.15) is 0 Å². The summed E-state index contributed by atoms with van der Waals surface area (Å²) in [6.07, 6.45) is 0. The third-order valence-electron chi connectivity index (χ3n) is 2.76. The van der Waals surface area contributed by atoms with Crippen LogP contribution in [0.2, 0.25) is 5.02 Å². The molecule has 0 fully saturated rings. The van der Waals surface area contributed by atoms with Crippen LogP contribution in [0.5, 0.6) is 0 Å². The molecule has 3 N–H and O–H groups in total. The molecule has 2 aromatic rings. The highest BCUT2D eigenvalue weighted by Gasteiger charge is 2.06. The van der Waals surface area contributed by atoms with E-state index in [2.05, 4.69) is 22.2 Å². The van der Waals surface area contributed by atoms with Crippen LogP contribution in [0, 0.1) is 13.8 Å². The highest BCUT2D eigenvalue weighted by molar-refractivity contribution is 7.80.